The van der Waals surface area contributed by atoms with E-state index in [0.717, 1.165) is 6.26 Å². The summed E-state index contributed by atoms with van der Waals surface area (Å²) in [6, 6.07) is -0.393. The zero-order chi connectivity index (χ0) is 12.3. The fourth-order valence-electron chi connectivity index (χ4n) is 1.48. The first-order valence-electron chi connectivity index (χ1n) is 4.66. The van der Waals surface area contributed by atoms with E-state index in [1.165, 1.54) is 6.08 Å². The van der Waals surface area contributed by atoms with Crippen LogP contribution in [-0.2, 0) is 19.4 Å². The maximum absolute atomic E-state index is 11.2. The summed E-state index contributed by atoms with van der Waals surface area (Å²) in [7, 11) is -3.35. The third-order valence-corrected chi connectivity index (χ3v) is 2.93. The van der Waals surface area contributed by atoms with E-state index >= 15 is 0 Å². The average Bonchev–Trinajstić information content (AvgIpc) is 2.48. The molecule has 16 heavy (non-hydrogen) atoms. The van der Waals surface area contributed by atoms with E-state index in [0.29, 0.717) is 0 Å². The topological polar surface area (TPSA) is 101 Å². The Labute approximate surface area is 93.3 Å². The van der Waals surface area contributed by atoms with Crippen molar-refractivity contribution >= 4 is 21.7 Å². The van der Waals surface area contributed by atoms with E-state index < -0.39 is 39.4 Å². The van der Waals surface area contributed by atoms with E-state index in [2.05, 4.69) is 5.32 Å². The van der Waals surface area contributed by atoms with Crippen LogP contribution in [0.2, 0.25) is 0 Å². The van der Waals surface area contributed by atoms with Crippen LogP contribution in [-0.4, -0.2) is 43.5 Å². The number of amides is 1. The van der Waals surface area contributed by atoms with Crippen molar-refractivity contribution in [3.8, 4) is 0 Å². The van der Waals surface area contributed by atoms with Gasteiger partial charge in [0.1, 0.15) is 5.75 Å². The average molecular weight is 247 g/mol. The molecule has 6 nitrogen and oxygen atoms in total. The second-order valence-corrected chi connectivity index (χ2v) is 5.95. The molecule has 0 spiro atoms. The Morgan fingerprint density at radius 1 is 1.44 bits per heavy atom. The highest BCUT2D eigenvalue weighted by atomic mass is 32.2. The van der Waals surface area contributed by atoms with Crippen LogP contribution < -0.4 is 5.32 Å². The van der Waals surface area contributed by atoms with Gasteiger partial charge in [0.25, 0.3) is 0 Å². The number of sulfone groups is 1. The summed E-state index contributed by atoms with van der Waals surface area (Å²) in [5.41, 5.74) is 0. The molecule has 0 saturated carbocycles. The largest absolute Gasteiger partial charge is 0.481 e. The van der Waals surface area contributed by atoms with Gasteiger partial charge in [-0.3, -0.25) is 9.59 Å². The lowest BCUT2D eigenvalue weighted by Crippen LogP contribution is -2.37. The molecule has 0 saturated heterocycles. The van der Waals surface area contributed by atoms with Gasteiger partial charge in [-0.05, 0) is 6.42 Å². The van der Waals surface area contributed by atoms with Gasteiger partial charge in [0.15, 0.2) is 9.84 Å². The molecule has 0 aliphatic heterocycles. The van der Waals surface area contributed by atoms with Crippen LogP contribution in [0.3, 0.4) is 0 Å². The highest BCUT2D eigenvalue weighted by molar-refractivity contribution is 7.91. The predicted octanol–water partition coefficient (Wildman–Crippen LogP) is -0.823. The summed E-state index contributed by atoms with van der Waals surface area (Å²) >= 11 is 0. The van der Waals surface area contributed by atoms with Crippen LogP contribution in [0.25, 0.3) is 0 Å². The van der Waals surface area contributed by atoms with Gasteiger partial charge in [-0.15, -0.1) is 0 Å². The molecule has 0 radical (unpaired) electrons. The summed E-state index contributed by atoms with van der Waals surface area (Å²) in [5.74, 6) is -2.74. The number of carbonyl (C=O) groups is 2. The summed E-state index contributed by atoms with van der Waals surface area (Å²) < 4.78 is 21.6. The quantitative estimate of drug-likeness (QED) is 0.632. The number of hydrogen-bond acceptors (Lipinski definition) is 4. The van der Waals surface area contributed by atoms with Crippen molar-refractivity contribution in [2.45, 2.75) is 12.5 Å². The first-order valence-corrected chi connectivity index (χ1v) is 6.72. The lowest BCUT2D eigenvalue weighted by molar-refractivity contribution is -0.140. The molecule has 0 bridgehead atoms. The van der Waals surface area contributed by atoms with E-state index in [1.807, 2.05) is 0 Å². The highest BCUT2D eigenvalue weighted by Gasteiger charge is 2.25. The Morgan fingerprint density at radius 2 is 2.06 bits per heavy atom. The molecule has 1 aliphatic rings. The molecule has 0 aromatic carbocycles. The minimum atomic E-state index is -3.35. The predicted molar refractivity (Wildman–Crippen MR) is 56.5 cm³/mol. The van der Waals surface area contributed by atoms with Crippen molar-refractivity contribution in [3.05, 3.63) is 12.2 Å². The molecule has 2 N–H and O–H groups in total. The van der Waals surface area contributed by atoms with E-state index in [4.69, 9.17) is 5.11 Å². The number of aliphatic carboxylic acids is 1. The highest BCUT2D eigenvalue weighted by Crippen LogP contribution is 2.17. The van der Waals surface area contributed by atoms with Gasteiger partial charge >= 0.3 is 5.97 Å². The molecule has 1 aliphatic carbocycles. The molecule has 0 aromatic rings. The molecule has 90 valence electrons. The second kappa shape index (κ2) is 4.65. The molecule has 0 heterocycles. The first kappa shape index (κ1) is 12.7. The van der Waals surface area contributed by atoms with Gasteiger partial charge in [0, 0.05) is 12.3 Å². The smallest absolute Gasteiger partial charge is 0.310 e. The SMILES string of the molecule is CS(=O)(=O)CC(=O)NC1C=CC(C(=O)O)C1. The summed E-state index contributed by atoms with van der Waals surface area (Å²) in [5, 5.41) is 11.1. The van der Waals surface area contributed by atoms with E-state index in [1.54, 1.807) is 6.08 Å². The zero-order valence-corrected chi connectivity index (χ0v) is 9.53. The van der Waals surface area contributed by atoms with Crippen molar-refractivity contribution in [2.75, 3.05) is 12.0 Å². The maximum Gasteiger partial charge on any atom is 0.310 e. The standard InChI is InChI=1S/C9H13NO5S/c1-16(14,15)5-8(11)10-7-3-2-6(4-7)9(12)13/h2-3,6-7H,4-5H2,1H3,(H,10,11)(H,12,13). The maximum atomic E-state index is 11.2. The Balaban J connectivity index is 2.44. The van der Waals surface area contributed by atoms with Crippen LogP contribution >= 0.6 is 0 Å². The van der Waals surface area contributed by atoms with Crippen molar-refractivity contribution < 1.29 is 23.1 Å². The Kier molecular flexibility index (Phi) is 3.69. The van der Waals surface area contributed by atoms with Crippen molar-refractivity contribution in [2.24, 2.45) is 5.92 Å². The minimum absolute atomic E-state index is 0.269. The van der Waals surface area contributed by atoms with Crippen molar-refractivity contribution in [3.63, 3.8) is 0 Å². The summed E-state index contributed by atoms with van der Waals surface area (Å²) in [6.07, 6.45) is 4.30. The molecular formula is C9H13NO5S. The molecule has 2 unspecified atom stereocenters. The molecule has 0 fully saturated rings. The van der Waals surface area contributed by atoms with Crippen LogP contribution in [0.5, 0.6) is 0 Å². The normalized spacial score (nSPS) is 24.3. The van der Waals surface area contributed by atoms with Gasteiger partial charge in [0.2, 0.25) is 5.91 Å². The van der Waals surface area contributed by atoms with Gasteiger partial charge in [-0.2, -0.15) is 0 Å². The van der Waals surface area contributed by atoms with Gasteiger partial charge in [0.05, 0.1) is 5.92 Å². The third kappa shape index (κ3) is 4.01. The van der Waals surface area contributed by atoms with Crippen molar-refractivity contribution in [1.82, 2.24) is 5.32 Å². The van der Waals surface area contributed by atoms with Gasteiger partial charge in [-0.25, -0.2) is 8.42 Å². The lowest BCUT2D eigenvalue weighted by atomic mass is 10.1. The van der Waals surface area contributed by atoms with E-state index in [9.17, 15) is 18.0 Å². The zero-order valence-electron chi connectivity index (χ0n) is 8.71. The molecule has 0 aromatic heterocycles. The number of nitrogens with one attached hydrogen (secondary N) is 1. The molecule has 2 atom stereocenters. The summed E-state index contributed by atoms with van der Waals surface area (Å²) in [4.78, 5) is 21.8. The summed E-state index contributed by atoms with van der Waals surface area (Å²) in [6.45, 7) is 0. The number of carboxylic acid groups (broad SMARTS) is 1. The fraction of sp³-hybridized carbons (Fsp3) is 0.556. The molecule has 1 rings (SSSR count). The van der Waals surface area contributed by atoms with E-state index in [-0.39, 0.29) is 6.42 Å². The van der Waals surface area contributed by atoms with Gasteiger partial charge in [-0.1, -0.05) is 12.2 Å². The Hall–Kier alpha value is -1.37. The number of carbonyl (C=O) groups excluding carboxylic acids is 1. The van der Waals surface area contributed by atoms with Crippen LogP contribution in [0.15, 0.2) is 12.2 Å². The third-order valence-electron chi connectivity index (χ3n) is 2.14. The van der Waals surface area contributed by atoms with Crippen LogP contribution in [0, 0.1) is 5.92 Å². The monoisotopic (exact) mass is 247 g/mol. The number of rotatable bonds is 4. The number of carboxylic acids is 1. The van der Waals surface area contributed by atoms with Crippen molar-refractivity contribution in [1.29, 1.82) is 0 Å². The minimum Gasteiger partial charge on any atom is -0.481 e. The van der Waals surface area contributed by atoms with Crippen LogP contribution in [0.1, 0.15) is 6.42 Å². The fourth-order valence-corrected chi connectivity index (χ4v) is 2.04. The van der Waals surface area contributed by atoms with Crippen LogP contribution in [0.4, 0.5) is 0 Å². The molecule has 7 heteroatoms. The molecule has 1 amide bonds. The molecular weight excluding hydrogens is 234 g/mol. The first-order chi connectivity index (χ1) is 7.28. The Bertz CT molecular complexity index is 425. The Morgan fingerprint density at radius 3 is 2.50 bits per heavy atom. The number of hydrogen-bond donors (Lipinski definition) is 2. The van der Waals surface area contributed by atoms with Gasteiger partial charge < -0.3 is 10.4 Å². The second-order valence-electron chi connectivity index (χ2n) is 3.81. The lowest BCUT2D eigenvalue weighted by Gasteiger charge is -2.11.